The van der Waals surface area contributed by atoms with E-state index in [9.17, 15) is 4.79 Å². The van der Waals surface area contributed by atoms with E-state index < -0.39 is 5.97 Å². The number of pyridine rings is 1. The van der Waals surface area contributed by atoms with Crippen LogP contribution in [0.4, 0.5) is 0 Å². The molecule has 0 aliphatic heterocycles. The largest absolute Gasteiger partial charge is 0.455 e. The fourth-order valence-electron chi connectivity index (χ4n) is 2.30. The maximum absolute atomic E-state index is 12.1. The van der Waals surface area contributed by atoms with Gasteiger partial charge in [-0.25, -0.2) is 19.7 Å². The average molecular weight is 314 g/mol. The van der Waals surface area contributed by atoms with Crippen molar-refractivity contribution in [1.82, 2.24) is 19.9 Å². The number of imidazole rings is 1. The van der Waals surface area contributed by atoms with Gasteiger partial charge in [-0.15, -0.1) is 11.3 Å². The van der Waals surface area contributed by atoms with Crippen LogP contribution in [0.1, 0.15) is 45.6 Å². The van der Waals surface area contributed by atoms with Crippen molar-refractivity contribution in [2.45, 2.75) is 32.3 Å². The van der Waals surface area contributed by atoms with Gasteiger partial charge in [0.05, 0.1) is 16.8 Å². The zero-order chi connectivity index (χ0) is 15.1. The smallest absolute Gasteiger partial charge is 0.340 e. The SMILES string of the molecule is Cc1nc2ncc(C(=O)OCc3nc(C4CC4)cs3)cc2[nH]1. The number of aromatic amines is 1. The van der Waals surface area contributed by atoms with E-state index in [0.717, 1.165) is 22.0 Å². The first-order chi connectivity index (χ1) is 10.7. The molecule has 0 aromatic carbocycles. The predicted molar refractivity (Wildman–Crippen MR) is 81.8 cm³/mol. The minimum atomic E-state index is -0.398. The molecule has 1 fully saturated rings. The third-order valence-corrected chi connectivity index (χ3v) is 4.42. The van der Waals surface area contributed by atoms with E-state index >= 15 is 0 Å². The Morgan fingerprint density at radius 3 is 3.14 bits per heavy atom. The van der Waals surface area contributed by atoms with Crippen LogP contribution in [0.5, 0.6) is 0 Å². The molecule has 1 aliphatic rings. The molecule has 0 atom stereocenters. The lowest BCUT2D eigenvalue weighted by Gasteiger charge is -2.02. The molecule has 1 aliphatic carbocycles. The van der Waals surface area contributed by atoms with E-state index in [4.69, 9.17) is 4.74 Å². The third kappa shape index (κ3) is 2.59. The second kappa shape index (κ2) is 5.17. The van der Waals surface area contributed by atoms with Gasteiger partial charge in [0.2, 0.25) is 0 Å². The number of nitrogens with zero attached hydrogens (tertiary/aromatic N) is 3. The average Bonchev–Trinajstić information content (AvgIpc) is 3.13. The second-order valence-electron chi connectivity index (χ2n) is 5.43. The molecule has 1 saturated carbocycles. The Balaban J connectivity index is 1.45. The van der Waals surface area contributed by atoms with Crippen molar-refractivity contribution in [1.29, 1.82) is 0 Å². The lowest BCUT2D eigenvalue weighted by molar-refractivity contribution is 0.0472. The van der Waals surface area contributed by atoms with E-state index in [1.807, 2.05) is 6.92 Å². The van der Waals surface area contributed by atoms with Crippen molar-refractivity contribution >= 4 is 28.5 Å². The molecule has 3 aromatic heterocycles. The van der Waals surface area contributed by atoms with Crippen LogP contribution in [0, 0.1) is 6.92 Å². The maximum atomic E-state index is 12.1. The van der Waals surface area contributed by atoms with Crippen molar-refractivity contribution in [2.75, 3.05) is 0 Å². The molecule has 0 unspecified atom stereocenters. The Morgan fingerprint density at radius 1 is 1.45 bits per heavy atom. The summed E-state index contributed by atoms with van der Waals surface area (Å²) in [5.41, 5.74) is 2.88. The standard InChI is InChI=1S/C15H14N4O2S/c1-8-17-11-4-10(5-16-14(11)18-8)15(20)21-6-13-19-12(7-22-13)9-2-3-9/h4-5,7,9H,2-3,6H2,1H3,(H,16,17,18). The van der Waals surface area contributed by atoms with Gasteiger partial charge in [0, 0.05) is 17.5 Å². The number of esters is 1. The van der Waals surface area contributed by atoms with Gasteiger partial charge in [-0.1, -0.05) is 0 Å². The Kier molecular flexibility index (Phi) is 3.15. The van der Waals surface area contributed by atoms with Crippen LogP contribution in [0.25, 0.3) is 11.2 Å². The highest BCUT2D eigenvalue weighted by molar-refractivity contribution is 7.09. The number of aromatic nitrogens is 4. The highest BCUT2D eigenvalue weighted by Crippen LogP contribution is 2.40. The number of thiazole rings is 1. The Hall–Kier alpha value is -2.28. The molecule has 0 spiro atoms. The number of hydrogen-bond acceptors (Lipinski definition) is 6. The number of carbonyl (C=O) groups is 1. The number of ether oxygens (including phenoxy) is 1. The number of fused-ring (bicyclic) bond motifs is 1. The van der Waals surface area contributed by atoms with Crippen LogP contribution in [0.15, 0.2) is 17.6 Å². The molecule has 0 bridgehead atoms. The van der Waals surface area contributed by atoms with Crippen molar-refractivity contribution in [3.63, 3.8) is 0 Å². The molecular formula is C15H14N4O2S. The maximum Gasteiger partial charge on any atom is 0.340 e. The summed E-state index contributed by atoms with van der Waals surface area (Å²) in [6.07, 6.45) is 3.93. The zero-order valence-electron chi connectivity index (χ0n) is 12.0. The summed E-state index contributed by atoms with van der Waals surface area (Å²) in [7, 11) is 0. The molecule has 22 heavy (non-hydrogen) atoms. The molecule has 3 heterocycles. The van der Waals surface area contributed by atoms with Crippen LogP contribution in [0.3, 0.4) is 0 Å². The lowest BCUT2D eigenvalue weighted by Crippen LogP contribution is -2.05. The number of hydrogen-bond donors (Lipinski definition) is 1. The monoisotopic (exact) mass is 314 g/mol. The molecule has 0 radical (unpaired) electrons. The van der Waals surface area contributed by atoms with Crippen LogP contribution in [0.2, 0.25) is 0 Å². The van der Waals surface area contributed by atoms with Crippen LogP contribution in [-0.4, -0.2) is 25.9 Å². The van der Waals surface area contributed by atoms with E-state index in [-0.39, 0.29) is 6.61 Å². The molecule has 7 heteroatoms. The summed E-state index contributed by atoms with van der Waals surface area (Å²) in [5, 5.41) is 2.89. The number of carbonyl (C=O) groups excluding carboxylic acids is 1. The van der Waals surface area contributed by atoms with Crippen molar-refractivity contribution in [3.8, 4) is 0 Å². The van der Waals surface area contributed by atoms with E-state index in [2.05, 4.69) is 25.3 Å². The van der Waals surface area contributed by atoms with Crippen LogP contribution >= 0.6 is 11.3 Å². The van der Waals surface area contributed by atoms with Crippen molar-refractivity contribution in [3.05, 3.63) is 39.7 Å². The molecule has 112 valence electrons. The first-order valence-electron chi connectivity index (χ1n) is 7.13. The van der Waals surface area contributed by atoms with Gasteiger partial charge < -0.3 is 9.72 Å². The van der Waals surface area contributed by atoms with E-state index in [0.29, 0.717) is 17.1 Å². The normalized spacial score (nSPS) is 14.4. The number of aryl methyl sites for hydroxylation is 1. The first kappa shape index (κ1) is 13.4. The van der Waals surface area contributed by atoms with E-state index in [1.165, 1.54) is 19.0 Å². The molecule has 3 aromatic rings. The molecular weight excluding hydrogens is 300 g/mol. The van der Waals surface area contributed by atoms with Crippen LogP contribution in [-0.2, 0) is 11.3 Å². The fraction of sp³-hybridized carbons (Fsp3) is 0.333. The van der Waals surface area contributed by atoms with Crippen molar-refractivity contribution < 1.29 is 9.53 Å². The third-order valence-electron chi connectivity index (χ3n) is 3.58. The summed E-state index contributed by atoms with van der Waals surface area (Å²) in [6.45, 7) is 2.05. The highest BCUT2D eigenvalue weighted by atomic mass is 32.1. The summed E-state index contributed by atoms with van der Waals surface area (Å²) >= 11 is 1.54. The molecule has 1 N–H and O–H groups in total. The minimum Gasteiger partial charge on any atom is -0.455 e. The topological polar surface area (TPSA) is 80.8 Å². The fourth-order valence-corrected chi connectivity index (χ4v) is 3.09. The van der Waals surface area contributed by atoms with Gasteiger partial charge in [0.1, 0.15) is 17.4 Å². The Morgan fingerprint density at radius 2 is 2.32 bits per heavy atom. The van der Waals surface area contributed by atoms with Gasteiger partial charge >= 0.3 is 5.97 Å². The van der Waals surface area contributed by atoms with Gasteiger partial charge in [-0.05, 0) is 25.8 Å². The number of rotatable bonds is 4. The minimum absolute atomic E-state index is 0.205. The van der Waals surface area contributed by atoms with Gasteiger partial charge in [-0.3, -0.25) is 0 Å². The number of H-pyrrole nitrogens is 1. The quantitative estimate of drug-likeness (QED) is 0.749. The first-order valence-corrected chi connectivity index (χ1v) is 8.01. The highest BCUT2D eigenvalue weighted by Gasteiger charge is 2.26. The summed E-state index contributed by atoms with van der Waals surface area (Å²) < 4.78 is 5.32. The Labute approximate surface area is 130 Å². The van der Waals surface area contributed by atoms with E-state index in [1.54, 1.807) is 17.4 Å². The molecule has 4 rings (SSSR count). The number of nitrogens with one attached hydrogen (secondary N) is 1. The van der Waals surface area contributed by atoms with Gasteiger partial charge in [-0.2, -0.15) is 0 Å². The molecule has 0 amide bonds. The predicted octanol–water partition coefficient (Wildman–Crippen LogP) is 2.96. The summed E-state index contributed by atoms with van der Waals surface area (Å²) in [6, 6.07) is 1.71. The molecule has 0 saturated heterocycles. The van der Waals surface area contributed by atoms with Gasteiger partial charge in [0.25, 0.3) is 0 Å². The second-order valence-corrected chi connectivity index (χ2v) is 6.38. The zero-order valence-corrected chi connectivity index (χ0v) is 12.8. The Bertz CT molecular complexity index is 850. The van der Waals surface area contributed by atoms with Gasteiger partial charge in [0.15, 0.2) is 5.65 Å². The molecule has 6 nitrogen and oxygen atoms in total. The van der Waals surface area contributed by atoms with Crippen molar-refractivity contribution in [2.24, 2.45) is 0 Å². The lowest BCUT2D eigenvalue weighted by atomic mass is 10.3. The summed E-state index contributed by atoms with van der Waals surface area (Å²) in [5.74, 6) is 0.990. The van der Waals surface area contributed by atoms with Crippen LogP contribution < -0.4 is 0 Å². The summed E-state index contributed by atoms with van der Waals surface area (Å²) in [4.78, 5) is 28.0.